The van der Waals surface area contributed by atoms with Gasteiger partial charge in [-0.15, -0.1) is 0 Å². The Bertz CT molecular complexity index is 1460. The van der Waals surface area contributed by atoms with Crippen LogP contribution < -0.4 is 9.47 Å². The summed E-state index contributed by atoms with van der Waals surface area (Å²) < 4.78 is 11.2. The molecular weight excluding hydrogens is 492 g/mol. The zero-order valence-electron chi connectivity index (χ0n) is 22.1. The van der Waals surface area contributed by atoms with Gasteiger partial charge in [0.25, 0.3) is 0 Å². The van der Waals surface area contributed by atoms with Crippen molar-refractivity contribution in [3.8, 4) is 11.5 Å². The molecule has 2 amide bonds. The fourth-order valence-corrected chi connectivity index (χ4v) is 7.82. The lowest BCUT2D eigenvalue weighted by molar-refractivity contribution is -0.160. The first-order valence-corrected chi connectivity index (χ1v) is 14.5. The van der Waals surface area contributed by atoms with Gasteiger partial charge in [0.05, 0.1) is 6.04 Å². The molecule has 5 heterocycles. The average molecular weight is 527 g/mol. The number of para-hydroxylation sites is 1. The molecule has 202 valence electrons. The number of rotatable bonds is 4. The van der Waals surface area contributed by atoms with E-state index in [2.05, 4.69) is 22.0 Å². The normalized spacial score (nSPS) is 27.0. The molecular formula is C31H34N4O4. The molecule has 1 saturated carbocycles. The average Bonchev–Trinajstić information content (AvgIpc) is 3.76. The fraction of sp³-hybridized carbons (Fsp3) is 0.484. The zero-order chi connectivity index (χ0) is 26.1. The van der Waals surface area contributed by atoms with E-state index in [0.717, 1.165) is 59.7 Å². The van der Waals surface area contributed by atoms with Gasteiger partial charge in [0.15, 0.2) is 11.5 Å². The number of carbonyl (C=O) groups is 2. The van der Waals surface area contributed by atoms with E-state index >= 15 is 0 Å². The first-order valence-electron chi connectivity index (χ1n) is 14.5. The zero-order valence-corrected chi connectivity index (χ0v) is 22.1. The van der Waals surface area contributed by atoms with Crippen LogP contribution in [0.3, 0.4) is 0 Å². The quantitative estimate of drug-likeness (QED) is 0.559. The van der Waals surface area contributed by atoms with Gasteiger partial charge in [0.1, 0.15) is 12.6 Å². The third-order valence-corrected chi connectivity index (χ3v) is 9.69. The Morgan fingerprint density at radius 3 is 2.72 bits per heavy atom. The van der Waals surface area contributed by atoms with Crippen LogP contribution in [0.4, 0.5) is 0 Å². The van der Waals surface area contributed by atoms with Crippen LogP contribution in [0.1, 0.15) is 55.0 Å². The van der Waals surface area contributed by atoms with Gasteiger partial charge in [-0.2, -0.15) is 0 Å². The fourth-order valence-electron chi connectivity index (χ4n) is 7.82. The number of amides is 2. The van der Waals surface area contributed by atoms with Crippen LogP contribution in [-0.2, 0) is 16.0 Å². The standard InChI is InChI=1S/C31H34N4O4/c36-28-17-34(21-11-12-33(16-21)15-19-5-1-2-6-19)31(37)25-14-23-22-7-3-4-8-24(22)32-29(23)30(35(25)28)20-9-10-26-27(13-20)39-18-38-26/h3-4,7-10,13,19,21,25,30,32H,1-2,5-6,11-12,14-18H2/t21-,25-,30-/m1/s1. The molecule has 2 aromatic carbocycles. The number of benzene rings is 2. The maximum atomic E-state index is 14.2. The lowest BCUT2D eigenvalue weighted by Gasteiger charge is -2.48. The van der Waals surface area contributed by atoms with Gasteiger partial charge in [-0.25, -0.2) is 0 Å². The highest BCUT2D eigenvalue weighted by Crippen LogP contribution is 2.45. The number of aromatic amines is 1. The molecule has 0 spiro atoms. The molecule has 8 nitrogen and oxygen atoms in total. The second kappa shape index (κ2) is 9.01. The van der Waals surface area contributed by atoms with Gasteiger partial charge in [-0.3, -0.25) is 9.59 Å². The summed E-state index contributed by atoms with van der Waals surface area (Å²) in [5.74, 6) is 2.28. The first kappa shape index (κ1) is 23.4. The van der Waals surface area contributed by atoms with Gasteiger partial charge >= 0.3 is 0 Å². The molecule has 5 aliphatic rings. The van der Waals surface area contributed by atoms with Crippen molar-refractivity contribution in [2.24, 2.45) is 5.92 Å². The number of fused-ring (bicyclic) bond motifs is 5. The smallest absolute Gasteiger partial charge is 0.246 e. The minimum atomic E-state index is -0.516. The van der Waals surface area contributed by atoms with Crippen LogP contribution >= 0.6 is 0 Å². The molecule has 3 aromatic rings. The minimum Gasteiger partial charge on any atom is -0.454 e. The van der Waals surface area contributed by atoms with Crippen molar-refractivity contribution < 1.29 is 19.1 Å². The van der Waals surface area contributed by atoms with E-state index in [-0.39, 0.29) is 37.2 Å². The number of nitrogens with zero attached hydrogens (tertiary/aromatic N) is 3. The summed E-state index contributed by atoms with van der Waals surface area (Å²) in [6.07, 6.45) is 6.82. The topological polar surface area (TPSA) is 78.1 Å². The predicted molar refractivity (Wildman–Crippen MR) is 146 cm³/mol. The number of piperazine rings is 1. The van der Waals surface area contributed by atoms with Crippen molar-refractivity contribution in [1.82, 2.24) is 19.7 Å². The maximum Gasteiger partial charge on any atom is 0.246 e. The number of hydrogen-bond donors (Lipinski definition) is 1. The van der Waals surface area contributed by atoms with E-state index in [9.17, 15) is 9.59 Å². The molecule has 39 heavy (non-hydrogen) atoms. The second-order valence-electron chi connectivity index (χ2n) is 11.9. The van der Waals surface area contributed by atoms with E-state index < -0.39 is 6.04 Å². The van der Waals surface area contributed by atoms with Gasteiger partial charge in [0.2, 0.25) is 18.6 Å². The summed E-state index contributed by atoms with van der Waals surface area (Å²) in [5, 5.41) is 1.12. The van der Waals surface area contributed by atoms with Gasteiger partial charge in [0, 0.05) is 48.7 Å². The molecule has 1 aliphatic carbocycles. The number of aromatic nitrogens is 1. The Hall–Kier alpha value is -3.52. The van der Waals surface area contributed by atoms with Crippen molar-refractivity contribution in [3.63, 3.8) is 0 Å². The van der Waals surface area contributed by atoms with E-state index in [1.165, 1.54) is 25.7 Å². The van der Waals surface area contributed by atoms with E-state index in [0.29, 0.717) is 17.9 Å². The highest BCUT2D eigenvalue weighted by molar-refractivity contribution is 5.98. The number of likely N-dealkylation sites (tertiary alicyclic amines) is 1. The summed E-state index contributed by atoms with van der Waals surface area (Å²) in [4.78, 5) is 38.1. The summed E-state index contributed by atoms with van der Waals surface area (Å²) in [6.45, 7) is 3.37. The van der Waals surface area contributed by atoms with Crippen molar-refractivity contribution in [1.29, 1.82) is 0 Å². The summed E-state index contributed by atoms with van der Waals surface area (Å²) in [5.41, 5.74) is 4.08. The molecule has 2 saturated heterocycles. The molecule has 3 atom stereocenters. The van der Waals surface area contributed by atoms with E-state index in [1.807, 2.05) is 40.1 Å². The van der Waals surface area contributed by atoms with Crippen molar-refractivity contribution in [2.45, 2.75) is 56.7 Å². The summed E-state index contributed by atoms with van der Waals surface area (Å²) in [7, 11) is 0. The minimum absolute atomic E-state index is 0.0146. The highest BCUT2D eigenvalue weighted by Gasteiger charge is 2.50. The molecule has 4 aliphatic heterocycles. The summed E-state index contributed by atoms with van der Waals surface area (Å²) >= 11 is 0. The Morgan fingerprint density at radius 2 is 1.82 bits per heavy atom. The van der Waals surface area contributed by atoms with Crippen LogP contribution in [0.5, 0.6) is 11.5 Å². The largest absolute Gasteiger partial charge is 0.454 e. The Kier molecular flexibility index (Phi) is 5.40. The first-order chi connectivity index (χ1) is 19.1. The Morgan fingerprint density at radius 1 is 0.974 bits per heavy atom. The maximum absolute atomic E-state index is 14.2. The molecule has 0 radical (unpaired) electrons. The molecule has 1 N–H and O–H groups in total. The van der Waals surface area contributed by atoms with Crippen molar-refractivity contribution in [3.05, 3.63) is 59.3 Å². The number of carbonyl (C=O) groups excluding carboxylic acids is 2. The van der Waals surface area contributed by atoms with Crippen LogP contribution in [0.2, 0.25) is 0 Å². The van der Waals surface area contributed by atoms with Crippen LogP contribution in [0, 0.1) is 5.92 Å². The lowest BCUT2D eigenvalue weighted by Crippen LogP contribution is -2.65. The molecule has 8 heteroatoms. The van der Waals surface area contributed by atoms with E-state index in [1.54, 1.807) is 0 Å². The molecule has 8 rings (SSSR count). The van der Waals surface area contributed by atoms with Crippen LogP contribution in [0.15, 0.2) is 42.5 Å². The summed E-state index contributed by atoms with van der Waals surface area (Å²) in [6, 6.07) is 13.3. The molecule has 0 bridgehead atoms. The highest BCUT2D eigenvalue weighted by atomic mass is 16.7. The van der Waals surface area contributed by atoms with Gasteiger partial charge in [-0.1, -0.05) is 37.1 Å². The Labute approximate surface area is 227 Å². The predicted octanol–water partition coefficient (Wildman–Crippen LogP) is 3.85. The number of hydrogen-bond acceptors (Lipinski definition) is 5. The van der Waals surface area contributed by atoms with Gasteiger partial charge in [-0.05, 0) is 54.5 Å². The van der Waals surface area contributed by atoms with Crippen LogP contribution in [-0.4, -0.2) is 76.6 Å². The van der Waals surface area contributed by atoms with Crippen molar-refractivity contribution >= 4 is 22.7 Å². The number of nitrogens with one attached hydrogen (secondary N) is 1. The van der Waals surface area contributed by atoms with Crippen LogP contribution in [0.25, 0.3) is 10.9 Å². The lowest BCUT2D eigenvalue weighted by atomic mass is 9.85. The Balaban J connectivity index is 1.14. The van der Waals surface area contributed by atoms with Gasteiger partial charge < -0.3 is 29.2 Å². The molecule has 3 fully saturated rings. The van der Waals surface area contributed by atoms with E-state index in [4.69, 9.17) is 9.47 Å². The molecule has 0 unspecified atom stereocenters. The third kappa shape index (κ3) is 3.75. The second-order valence-corrected chi connectivity index (χ2v) is 11.9. The monoisotopic (exact) mass is 526 g/mol. The third-order valence-electron chi connectivity index (χ3n) is 9.69. The van der Waals surface area contributed by atoms with Crippen molar-refractivity contribution in [2.75, 3.05) is 33.0 Å². The number of ether oxygens (including phenoxy) is 2. The molecule has 1 aromatic heterocycles. The SMILES string of the molecule is O=C1[C@H]2Cc3c([nH]c4ccccc34)[C@@H](c3ccc4c(c3)OCO4)N2C(=O)CN1[C@@H]1CCN(CC2CCCC2)C1. The number of H-pyrrole nitrogens is 1.